The zero-order valence-electron chi connectivity index (χ0n) is 12.9. The van der Waals surface area contributed by atoms with Crippen LogP contribution < -0.4 is 4.74 Å². The maximum atomic E-state index is 12.2. The molecule has 0 amide bonds. The van der Waals surface area contributed by atoms with Gasteiger partial charge in [0, 0.05) is 11.1 Å². The fourth-order valence-electron chi connectivity index (χ4n) is 2.15. The SMILES string of the molecule is C=CC/C(C(=O)OCC)=C(/C(=C)C)c1ccccc1OC. The average Bonchev–Trinajstić information content (AvgIpc) is 2.47. The molecule has 1 aromatic rings. The van der Waals surface area contributed by atoms with E-state index in [-0.39, 0.29) is 5.97 Å². The van der Waals surface area contributed by atoms with Crippen LogP contribution in [-0.2, 0) is 9.53 Å². The van der Waals surface area contributed by atoms with Gasteiger partial charge in [-0.3, -0.25) is 0 Å². The third-order valence-electron chi connectivity index (χ3n) is 2.98. The van der Waals surface area contributed by atoms with Crippen molar-refractivity contribution in [2.75, 3.05) is 13.7 Å². The van der Waals surface area contributed by atoms with E-state index in [1.807, 2.05) is 31.2 Å². The molecule has 112 valence electrons. The summed E-state index contributed by atoms with van der Waals surface area (Å²) in [4.78, 5) is 12.2. The monoisotopic (exact) mass is 286 g/mol. The molecule has 0 spiro atoms. The lowest BCUT2D eigenvalue weighted by Gasteiger charge is -2.16. The van der Waals surface area contributed by atoms with Gasteiger partial charge in [-0.2, -0.15) is 0 Å². The summed E-state index contributed by atoms with van der Waals surface area (Å²) in [5.74, 6) is 0.350. The fraction of sp³-hybridized carbons (Fsp3) is 0.278. The summed E-state index contributed by atoms with van der Waals surface area (Å²) >= 11 is 0. The summed E-state index contributed by atoms with van der Waals surface area (Å²) in [5.41, 5.74) is 2.91. The van der Waals surface area contributed by atoms with Gasteiger partial charge in [0.15, 0.2) is 0 Å². The molecule has 0 unspecified atom stereocenters. The van der Waals surface area contributed by atoms with Crippen molar-refractivity contribution in [3.05, 3.63) is 60.2 Å². The van der Waals surface area contributed by atoms with Gasteiger partial charge < -0.3 is 9.47 Å². The van der Waals surface area contributed by atoms with Gasteiger partial charge in [-0.15, -0.1) is 6.58 Å². The lowest BCUT2D eigenvalue weighted by atomic mass is 9.92. The number of carbonyl (C=O) groups excluding carboxylic acids is 1. The highest BCUT2D eigenvalue weighted by Crippen LogP contribution is 2.34. The first-order valence-electron chi connectivity index (χ1n) is 6.87. The lowest BCUT2D eigenvalue weighted by molar-refractivity contribution is -0.138. The second-order valence-corrected chi connectivity index (χ2v) is 4.55. The first-order valence-corrected chi connectivity index (χ1v) is 6.87. The van der Waals surface area contributed by atoms with E-state index in [1.54, 1.807) is 20.1 Å². The largest absolute Gasteiger partial charge is 0.496 e. The van der Waals surface area contributed by atoms with Gasteiger partial charge in [0.1, 0.15) is 5.75 Å². The van der Waals surface area contributed by atoms with Crippen LogP contribution in [0.1, 0.15) is 25.8 Å². The highest BCUT2D eigenvalue weighted by Gasteiger charge is 2.19. The smallest absolute Gasteiger partial charge is 0.334 e. The number of hydrogen-bond donors (Lipinski definition) is 0. The Balaban J connectivity index is 3.55. The van der Waals surface area contributed by atoms with Crippen LogP contribution in [0, 0.1) is 0 Å². The van der Waals surface area contributed by atoms with Crippen molar-refractivity contribution in [3.63, 3.8) is 0 Å². The molecule has 1 rings (SSSR count). The van der Waals surface area contributed by atoms with Gasteiger partial charge in [-0.1, -0.05) is 30.9 Å². The molecule has 3 heteroatoms. The number of esters is 1. The Morgan fingerprint density at radius 3 is 2.52 bits per heavy atom. The summed E-state index contributed by atoms with van der Waals surface area (Å²) < 4.78 is 10.5. The van der Waals surface area contributed by atoms with Crippen molar-refractivity contribution >= 4 is 11.5 Å². The molecule has 0 aliphatic heterocycles. The van der Waals surface area contributed by atoms with Crippen LogP contribution in [0.4, 0.5) is 0 Å². The van der Waals surface area contributed by atoms with Gasteiger partial charge in [-0.05, 0) is 37.5 Å². The standard InChI is InChI=1S/C18H22O3/c1-6-10-15(18(19)21-7-2)17(13(3)4)14-11-8-9-12-16(14)20-5/h6,8-9,11-12H,1,3,7,10H2,2,4-5H3/b17-15+. The average molecular weight is 286 g/mol. The van der Waals surface area contributed by atoms with Gasteiger partial charge in [0.05, 0.1) is 13.7 Å². The molecular formula is C18H22O3. The molecule has 0 fully saturated rings. The maximum absolute atomic E-state index is 12.2. The van der Waals surface area contributed by atoms with Crippen LogP contribution >= 0.6 is 0 Å². The molecule has 0 heterocycles. The molecule has 1 aromatic carbocycles. The third-order valence-corrected chi connectivity index (χ3v) is 2.98. The molecule has 3 nitrogen and oxygen atoms in total. The van der Waals surface area contributed by atoms with Crippen molar-refractivity contribution in [1.29, 1.82) is 0 Å². The predicted molar refractivity (Wildman–Crippen MR) is 86.2 cm³/mol. The maximum Gasteiger partial charge on any atom is 0.334 e. The second kappa shape index (κ2) is 8.10. The van der Waals surface area contributed by atoms with E-state index in [4.69, 9.17) is 9.47 Å². The molecule has 0 aliphatic carbocycles. The third kappa shape index (κ3) is 4.09. The van der Waals surface area contributed by atoms with E-state index < -0.39 is 0 Å². The number of hydrogen-bond acceptors (Lipinski definition) is 3. The zero-order chi connectivity index (χ0) is 15.8. The summed E-state index contributed by atoms with van der Waals surface area (Å²) in [6.07, 6.45) is 2.10. The number of para-hydroxylation sites is 1. The number of benzene rings is 1. The number of carbonyl (C=O) groups is 1. The molecule has 0 aromatic heterocycles. The van der Waals surface area contributed by atoms with E-state index in [1.165, 1.54) is 0 Å². The summed E-state index contributed by atoms with van der Waals surface area (Å²) in [7, 11) is 1.60. The number of ether oxygens (including phenoxy) is 2. The molecule has 0 radical (unpaired) electrons. The van der Waals surface area contributed by atoms with Crippen LogP contribution in [0.3, 0.4) is 0 Å². The molecule has 0 aliphatic rings. The number of allylic oxidation sites excluding steroid dienone is 3. The quantitative estimate of drug-likeness (QED) is 0.327. The molecule has 0 saturated heterocycles. The fourth-order valence-corrected chi connectivity index (χ4v) is 2.15. The Morgan fingerprint density at radius 1 is 1.33 bits per heavy atom. The van der Waals surface area contributed by atoms with Gasteiger partial charge in [0.25, 0.3) is 0 Å². The Bertz CT molecular complexity index is 568. The summed E-state index contributed by atoms with van der Waals surface area (Å²) in [6, 6.07) is 7.55. The van der Waals surface area contributed by atoms with E-state index >= 15 is 0 Å². The van der Waals surface area contributed by atoms with Gasteiger partial charge in [0.2, 0.25) is 0 Å². The van der Waals surface area contributed by atoms with Crippen molar-refractivity contribution in [2.24, 2.45) is 0 Å². The topological polar surface area (TPSA) is 35.5 Å². The van der Waals surface area contributed by atoms with Crippen LogP contribution in [0.2, 0.25) is 0 Å². The van der Waals surface area contributed by atoms with E-state index in [0.29, 0.717) is 24.4 Å². The Morgan fingerprint density at radius 2 is 2.00 bits per heavy atom. The summed E-state index contributed by atoms with van der Waals surface area (Å²) in [6.45, 7) is 11.7. The minimum absolute atomic E-state index is 0.328. The Labute approximate surface area is 126 Å². The van der Waals surface area contributed by atoms with Crippen LogP contribution in [0.25, 0.3) is 5.57 Å². The first kappa shape index (κ1) is 16.8. The van der Waals surface area contributed by atoms with Crippen LogP contribution in [0.5, 0.6) is 5.75 Å². The van der Waals surface area contributed by atoms with Gasteiger partial charge in [-0.25, -0.2) is 4.79 Å². The normalized spacial score (nSPS) is 11.4. The summed E-state index contributed by atoms with van der Waals surface area (Å²) in [5, 5.41) is 0. The minimum Gasteiger partial charge on any atom is -0.496 e. The highest BCUT2D eigenvalue weighted by atomic mass is 16.5. The number of methoxy groups -OCH3 is 1. The molecule has 0 atom stereocenters. The zero-order valence-corrected chi connectivity index (χ0v) is 12.9. The molecule has 21 heavy (non-hydrogen) atoms. The first-order chi connectivity index (χ1) is 10.1. The van der Waals surface area contributed by atoms with Crippen molar-refractivity contribution in [3.8, 4) is 5.75 Å². The molecular weight excluding hydrogens is 264 g/mol. The molecule has 0 bridgehead atoms. The predicted octanol–water partition coefficient (Wildman–Crippen LogP) is 4.16. The van der Waals surface area contributed by atoms with Crippen molar-refractivity contribution < 1.29 is 14.3 Å². The molecule has 0 saturated carbocycles. The van der Waals surface area contributed by atoms with Crippen molar-refractivity contribution in [2.45, 2.75) is 20.3 Å². The lowest BCUT2D eigenvalue weighted by Crippen LogP contribution is -2.10. The highest BCUT2D eigenvalue weighted by molar-refractivity contribution is 6.02. The van der Waals surface area contributed by atoms with Crippen LogP contribution in [0.15, 0.2) is 54.6 Å². The molecule has 0 N–H and O–H groups in total. The van der Waals surface area contributed by atoms with E-state index in [9.17, 15) is 4.79 Å². The number of rotatable bonds is 7. The minimum atomic E-state index is -0.346. The Kier molecular flexibility index (Phi) is 6.47. The van der Waals surface area contributed by atoms with E-state index in [2.05, 4.69) is 13.2 Å². The van der Waals surface area contributed by atoms with E-state index in [0.717, 1.165) is 16.7 Å². The Hall–Kier alpha value is -2.29. The van der Waals surface area contributed by atoms with Crippen LogP contribution in [-0.4, -0.2) is 19.7 Å². The van der Waals surface area contributed by atoms with Gasteiger partial charge >= 0.3 is 5.97 Å². The second-order valence-electron chi connectivity index (χ2n) is 4.55. The van der Waals surface area contributed by atoms with Crippen molar-refractivity contribution in [1.82, 2.24) is 0 Å².